The first-order chi connectivity index (χ1) is 12.3. The van der Waals surface area contributed by atoms with Gasteiger partial charge in [0, 0.05) is 38.9 Å². The average molecular weight is 355 g/mol. The van der Waals surface area contributed by atoms with Gasteiger partial charge in [-0.2, -0.15) is 4.98 Å². The molecule has 0 saturated carbocycles. The number of aromatic nitrogens is 2. The van der Waals surface area contributed by atoms with Crippen LogP contribution in [0, 0.1) is 11.8 Å². The zero-order chi connectivity index (χ0) is 19.1. The number of rotatable bonds is 9. The molecular formula is C22H34N4. The molecule has 0 fully saturated rings. The van der Waals surface area contributed by atoms with Gasteiger partial charge in [0.15, 0.2) is 0 Å². The van der Waals surface area contributed by atoms with Crippen LogP contribution < -0.4 is 9.80 Å². The van der Waals surface area contributed by atoms with Gasteiger partial charge in [0.05, 0.1) is 0 Å². The molecule has 0 amide bonds. The molecule has 2 aromatic rings. The Balaban J connectivity index is 2.23. The van der Waals surface area contributed by atoms with E-state index >= 15 is 0 Å². The summed E-state index contributed by atoms with van der Waals surface area (Å²) in [4.78, 5) is 14.1. The highest BCUT2D eigenvalue weighted by Crippen LogP contribution is 2.19. The van der Waals surface area contributed by atoms with Crippen LogP contribution in [0.4, 0.5) is 11.8 Å². The molecule has 0 unspecified atom stereocenters. The second-order valence-electron chi connectivity index (χ2n) is 8.05. The Morgan fingerprint density at radius 2 is 1.42 bits per heavy atom. The van der Waals surface area contributed by atoms with Crippen LogP contribution in [0.2, 0.25) is 0 Å². The Hall–Kier alpha value is -2.10. The molecule has 26 heavy (non-hydrogen) atoms. The second-order valence-corrected chi connectivity index (χ2v) is 8.05. The summed E-state index contributed by atoms with van der Waals surface area (Å²) in [5, 5.41) is 0. The summed E-state index contributed by atoms with van der Waals surface area (Å²) >= 11 is 0. The van der Waals surface area contributed by atoms with E-state index in [2.05, 4.69) is 88.0 Å². The first-order valence-electron chi connectivity index (χ1n) is 9.69. The van der Waals surface area contributed by atoms with Crippen molar-refractivity contribution in [2.75, 3.05) is 37.0 Å². The predicted octanol–water partition coefficient (Wildman–Crippen LogP) is 4.45. The molecule has 1 heterocycles. The van der Waals surface area contributed by atoms with Crippen molar-refractivity contribution >= 4 is 11.8 Å². The van der Waals surface area contributed by atoms with Crippen molar-refractivity contribution in [3.8, 4) is 0 Å². The van der Waals surface area contributed by atoms with Crippen molar-refractivity contribution in [2.24, 2.45) is 11.8 Å². The van der Waals surface area contributed by atoms with Gasteiger partial charge in [0.2, 0.25) is 5.95 Å². The average Bonchev–Trinajstić information content (AvgIpc) is 2.59. The minimum atomic E-state index is 0.577. The van der Waals surface area contributed by atoms with Crippen LogP contribution in [0.15, 0.2) is 36.4 Å². The molecule has 1 aromatic carbocycles. The first kappa shape index (κ1) is 20.2. The number of hydrogen-bond acceptors (Lipinski definition) is 4. The molecule has 142 valence electrons. The predicted molar refractivity (Wildman–Crippen MR) is 112 cm³/mol. The van der Waals surface area contributed by atoms with Gasteiger partial charge in [0.1, 0.15) is 5.82 Å². The topological polar surface area (TPSA) is 32.3 Å². The lowest BCUT2D eigenvalue weighted by molar-refractivity contribution is 0.622. The van der Waals surface area contributed by atoms with Gasteiger partial charge in [0.25, 0.3) is 0 Å². The van der Waals surface area contributed by atoms with Crippen LogP contribution in [-0.4, -0.2) is 37.2 Å². The zero-order valence-electron chi connectivity index (χ0n) is 17.2. The van der Waals surface area contributed by atoms with Crippen LogP contribution in [0.25, 0.3) is 0 Å². The van der Waals surface area contributed by atoms with Gasteiger partial charge < -0.3 is 9.80 Å². The van der Waals surface area contributed by atoms with Crippen LogP contribution >= 0.6 is 0 Å². The molecular weight excluding hydrogens is 320 g/mol. The third-order valence-electron chi connectivity index (χ3n) is 4.28. The summed E-state index contributed by atoms with van der Waals surface area (Å²) in [5.74, 6) is 3.02. The molecule has 2 rings (SSSR count). The molecule has 0 spiro atoms. The molecule has 0 atom stereocenters. The van der Waals surface area contributed by atoms with Crippen molar-refractivity contribution in [3.05, 3.63) is 47.7 Å². The molecule has 0 aliphatic heterocycles. The summed E-state index contributed by atoms with van der Waals surface area (Å²) in [6, 6.07) is 12.8. The summed E-state index contributed by atoms with van der Waals surface area (Å²) in [5.41, 5.74) is 2.46. The van der Waals surface area contributed by atoms with E-state index in [0.29, 0.717) is 11.8 Å². The van der Waals surface area contributed by atoms with Gasteiger partial charge in [-0.15, -0.1) is 0 Å². The molecule has 0 aliphatic carbocycles. The smallest absolute Gasteiger partial charge is 0.227 e. The zero-order valence-corrected chi connectivity index (χ0v) is 17.2. The van der Waals surface area contributed by atoms with Crippen LogP contribution in [0.3, 0.4) is 0 Å². The van der Waals surface area contributed by atoms with E-state index in [0.717, 1.165) is 43.4 Å². The van der Waals surface area contributed by atoms with Crippen LogP contribution in [-0.2, 0) is 12.8 Å². The lowest BCUT2D eigenvalue weighted by Crippen LogP contribution is -2.28. The SMILES string of the molecule is CC(C)CN(C)c1cc(CCc2ccccc2)nc(N(C)CC(C)C)n1. The molecule has 0 N–H and O–H groups in total. The van der Waals surface area contributed by atoms with Gasteiger partial charge in [-0.3, -0.25) is 0 Å². The van der Waals surface area contributed by atoms with E-state index in [-0.39, 0.29) is 0 Å². The highest BCUT2D eigenvalue weighted by Gasteiger charge is 2.13. The van der Waals surface area contributed by atoms with E-state index in [9.17, 15) is 0 Å². The van der Waals surface area contributed by atoms with Crippen molar-refractivity contribution in [1.82, 2.24) is 9.97 Å². The Morgan fingerprint density at radius 1 is 0.808 bits per heavy atom. The van der Waals surface area contributed by atoms with Gasteiger partial charge in [-0.05, 0) is 30.2 Å². The summed E-state index contributed by atoms with van der Waals surface area (Å²) < 4.78 is 0. The van der Waals surface area contributed by atoms with Crippen molar-refractivity contribution in [2.45, 2.75) is 40.5 Å². The lowest BCUT2D eigenvalue weighted by Gasteiger charge is -2.25. The standard InChI is InChI=1S/C22H34N4/c1-17(2)15-25(5)21-14-20(13-12-19-10-8-7-9-11-19)23-22(24-21)26(6)16-18(3)4/h7-11,14,17-18H,12-13,15-16H2,1-6H3. The molecule has 0 saturated heterocycles. The fourth-order valence-corrected chi connectivity index (χ4v) is 3.15. The highest BCUT2D eigenvalue weighted by atomic mass is 15.3. The fraction of sp³-hybridized carbons (Fsp3) is 0.545. The molecule has 4 heteroatoms. The van der Waals surface area contributed by atoms with Crippen LogP contribution in [0.1, 0.15) is 39.0 Å². The Morgan fingerprint density at radius 3 is 2.04 bits per heavy atom. The maximum Gasteiger partial charge on any atom is 0.227 e. The Kier molecular flexibility index (Phi) is 7.43. The minimum absolute atomic E-state index is 0.577. The molecule has 0 aliphatic rings. The maximum absolute atomic E-state index is 4.85. The minimum Gasteiger partial charge on any atom is -0.359 e. The summed E-state index contributed by atoms with van der Waals surface area (Å²) in [7, 11) is 4.21. The molecule has 4 nitrogen and oxygen atoms in total. The van der Waals surface area contributed by atoms with Crippen LogP contribution in [0.5, 0.6) is 0 Å². The highest BCUT2D eigenvalue weighted by molar-refractivity contribution is 5.45. The summed E-state index contributed by atoms with van der Waals surface area (Å²) in [6.45, 7) is 10.9. The van der Waals surface area contributed by atoms with E-state index in [1.807, 2.05) is 0 Å². The largest absolute Gasteiger partial charge is 0.359 e. The normalized spacial score (nSPS) is 11.2. The third kappa shape index (κ3) is 6.32. The van der Waals surface area contributed by atoms with Crippen molar-refractivity contribution in [1.29, 1.82) is 0 Å². The van der Waals surface area contributed by atoms with Crippen molar-refractivity contribution in [3.63, 3.8) is 0 Å². The van der Waals surface area contributed by atoms with E-state index in [1.165, 1.54) is 5.56 Å². The molecule has 0 bridgehead atoms. The van der Waals surface area contributed by atoms with E-state index < -0.39 is 0 Å². The summed E-state index contributed by atoms with van der Waals surface area (Å²) in [6.07, 6.45) is 1.93. The van der Waals surface area contributed by atoms with E-state index in [1.54, 1.807) is 0 Å². The number of hydrogen-bond donors (Lipinski definition) is 0. The molecule has 1 aromatic heterocycles. The number of nitrogens with zero attached hydrogens (tertiary/aromatic N) is 4. The second kappa shape index (κ2) is 9.56. The monoisotopic (exact) mass is 354 g/mol. The lowest BCUT2D eigenvalue weighted by atomic mass is 10.1. The fourth-order valence-electron chi connectivity index (χ4n) is 3.15. The third-order valence-corrected chi connectivity index (χ3v) is 4.28. The Bertz CT molecular complexity index is 633. The number of anilines is 2. The number of aryl methyl sites for hydroxylation is 2. The van der Waals surface area contributed by atoms with Gasteiger partial charge in [-0.25, -0.2) is 4.98 Å². The van der Waals surface area contributed by atoms with E-state index in [4.69, 9.17) is 9.97 Å². The Labute approximate surface area is 159 Å². The van der Waals surface area contributed by atoms with Gasteiger partial charge in [-0.1, -0.05) is 58.0 Å². The molecule has 0 radical (unpaired) electrons. The first-order valence-corrected chi connectivity index (χ1v) is 9.69. The maximum atomic E-state index is 4.85. The number of benzene rings is 1. The van der Waals surface area contributed by atoms with Crippen molar-refractivity contribution < 1.29 is 0 Å². The van der Waals surface area contributed by atoms with Gasteiger partial charge >= 0.3 is 0 Å². The quantitative estimate of drug-likeness (QED) is 0.666.